The number of ether oxygens (including phenoxy) is 1. The first-order chi connectivity index (χ1) is 6.63. The third-order valence-corrected chi connectivity index (χ3v) is 2.58. The molecule has 0 amide bonds. The van der Waals surface area contributed by atoms with Gasteiger partial charge in [-0.2, -0.15) is 0 Å². The lowest BCUT2D eigenvalue weighted by molar-refractivity contribution is 0.409. The van der Waals surface area contributed by atoms with Crippen molar-refractivity contribution in [3.8, 4) is 5.75 Å². The Morgan fingerprint density at radius 3 is 2.86 bits per heavy atom. The van der Waals surface area contributed by atoms with E-state index in [-0.39, 0.29) is 0 Å². The van der Waals surface area contributed by atoms with Crippen LogP contribution in [0.2, 0.25) is 0 Å². The molecule has 0 atom stereocenters. The third-order valence-electron chi connectivity index (χ3n) is 1.88. The van der Waals surface area contributed by atoms with E-state index >= 15 is 0 Å². The predicted molar refractivity (Wildman–Crippen MR) is 65.8 cm³/mol. The number of rotatable bonds is 4. The van der Waals surface area contributed by atoms with E-state index in [1.807, 2.05) is 18.2 Å². The number of thiocarbonyl (C=S) groups is 1. The Bertz CT molecular complexity index is 341. The van der Waals surface area contributed by atoms with Crippen molar-refractivity contribution in [2.24, 2.45) is 5.73 Å². The van der Waals surface area contributed by atoms with Gasteiger partial charge in [0.25, 0.3) is 0 Å². The molecule has 0 saturated carbocycles. The van der Waals surface area contributed by atoms with Crippen LogP contribution in [0.15, 0.2) is 22.7 Å². The lowest BCUT2D eigenvalue weighted by Crippen LogP contribution is -2.08. The molecule has 0 aliphatic rings. The molecular weight excluding hydrogens is 262 g/mol. The number of halogens is 1. The van der Waals surface area contributed by atoms with E-state index in [9.17, 15) is 0 Å². The van der Waals surface area contributed by atoms with Crippen molar-refractivity contribution >= 4 is 33.1 Å². The minimum absolute atomic E-state index is 0.534. The van der Waals surface area contributed by atoms with Gasteiger partial charge in [0.2, 0.25) is 0 Å². The summed E-state index contributed by atoms with van der Waals surface area (Å²) in [6.45, 7) is 0. The van der Waals surface area contributed by atoms with Crippen LogP contribution in [0.3, 0.4) is 0 Å². The van der Waals surface area contributed by atoms with Crippen molar-refractivity contribution in [1.82, 2.24) is 0 Å². The summed E-state index contributed by atoms with van der Waals surface area (Å²) in [7, 11) is 1.66. The smallest absolute Gasteiger partial charge is 0.122 e. The Morgan fingerprint density at radius 2 is 2.29 bits per heavy atom. The molecule has 0 spiro atoms. The van der Waals surface area contributed by atoms with Crippen molar-refractivity contribution in [1.29, 1.82) is 0 Å². The van der Waals surface area contributed by atoms with Crippen molar-refractivity contribution in [2.75, 3.05) is 7.11 Å². The second-order valence-corrected chi connectivity index (χ2v) is 4.36. The molecule has 2 nitrogen and oxygen atoms in total. The lowest BCUT2D eigenvalue weighted by Gasteiger charge is -2.08. The summed E-state index contributed by atoms with van der Waals surface area (Å²) in [6.07, 6.45) is 1.53. The number of aryl methyl sites for hydroxylation is 1. The van der Waals surface area contributed by atoms with E-state index in [0.29, 0.717) is 11.4 Å². The second-order valence-electron chi connectivity index (χ2n) is 2.92. The molecule has 0 radical (unpaired) electrons. The highest BCUT2D eigenvalue weighted by atomic mass is 79.9. The summed E-state index contributed by atoms with van der Waals surface area (Å²) in [5.74, 6) is 0.879. The molecule has 1 rings (SSSR count). The van der Waals surface area contributed by atoms with Gasteiger partial charge >= 0.3 is 0 Å². The molecular formula is C10H12BrNOS. The first-order valence-electron chi connectivity index (χ1n) is 4.24. The molecule has 14 heavy (non-hydrogen) atoms. The molecule has 76 valence electrons. The standard InChI is InChI=1S/C10H12BrNOS/c1-13-9-4-3-8(11)6-7(9)2-5-10(12)14/h3-4,6H,2,5H2,1H3,(H2,12,14). The number of hydrogen-bond acceptors (Lipinski definition) is 2. The van der Waals surface area contributed by atoms with Crippen LogP contribution in [0.4, 0.5) is 0 Å². The van der Waals surface area contributed by atoms with Gasteiger partial charge in [-0.3, -0.25) is 0 Å². The van der Waals surface area contributed by atoms with Gasteiger partial charge in [-0.15, -0.1) is 0 Å². The summed E-state index contributed by atoms with van der Waals surface area (Å²) in [6, 6.07) is 5.90. The zero-order valence-electron chi connectivity index (χ0n) is 7.92. The van der Waals surface area contributed by atoms with E-state index in [4.69, 9.17) is 22.7 Å². The molecule has 0 saturated heterocycles. The lowest BCUT2D eigenvalue weighted by atomic mass is 10.1. The molecule has 0 fully saturated rings. The SMILES string of the molecule is COc1ccc(Br)cc1CCC(N)=S. The topological polar surface area (TPSA) is 35.2 Å². The molecule has 0 aromatic heterocycles. The van der Waals surface area contributed by atoms with Gasteiger partial charge in [0.1, 0.15) is 5.75 Å². The highest BCUT2D eigenvalue weighted by Crippen LogP contribution is 2.23. The molecule has 4 heteroatoms. The van der Waals surface area contributed by atoms with Crippen LogP contribution in [-0.4, -0.2) is 12.1 Å². The Kier molecular flexibility index (Phi) is 4.35. The number of nitrogens with two attached hydrogens (primary N) is 1. The van der Waals surface area contributed by atoms with Crippen LogP contribution in [0.1, 0.15) is 12.0 Å². The molecule has 0 bridgehead atoms. The fourth-order valence-electron chi connectivity index (χ4n) is 1.20. The van der Waals surface area contributed by atoms with E-state index in [1.54, 1.807) is 7.11 Å². The molecule has 0 unspecified atom stereocenters. The van der Waals surface area contributed by atoms with Crippen LogP contribution in [0.5, 0.6) is 5.75 Å². The average molecular weight is 274 g/mol. The van der Waals surface area contributed by atoms with Crippen LogP contribution >= 0.6 is 28.1 Å². The molecule has 0 aliphatic heterocycles. The van der Waals surface area contributed by atoms with Crippen LogP contribution < -0.4 is 10.5 Å². The Morgan fingerprint density at radius 1 is 1.57 bits per heavy atom. The van der Waals surface area contributed by atoms with E-state index in [2.05, 4.69) is 15.9 Å². The van der Waals surface area contributed by atoms with Crippen LogP contribution in [-0.2, 0) is 6.42 Å². The molecule has 2 N–H and O–H groups in total. The largest absolute Gasteiger partial charge is 0.496 e. The quantitative estimate of drug-likeness (QED) is 0.857. The maximum Gasteiger partial charge on any atom is 0.122 e. The van der Waals surface area contributed by atoms with Crippen LogP contribution in [0.25, 0.3) is 0 Å². The summed E-state index contributed by atoms with van der Waals surface area (Å²) in [5.41, 5.74) is 6.57. The first-order valence-corrected chi connectivity index (χ1v) is 5.44. The third kappa shape index (κ3) is 3.27. The normalized spacial score (nSPS) is 9.86. The second kappa shape index (κ2) is 5.32. The summed E-state index contributed by atoms with van der Waals surface area (Å²) >= 11 is 8.25. The number of hydrogen-bond donors (Lipinski definition) is 1. The Labute approximate surface area is 97.6 Å². The predicted octanol–water partition coefficient (Wildman–Crippen LogP) is 2.68. The van der Waals surface area contributed by atoms with E-state index in [0.717, 1.165) is 22.2 Å². The van der Waals surface area contributed by atoms with E-state index < -0.39 is 0 Å². The molecule has 0 aliphatic carbocycles. The summed E-state index contributed by atoms with van der Waals surface area (Å²) in [5, 5.41) is 0. The maximum atomic E-state index is 5.45. The number of benzene rings is 1. The number of methoxy groups -OCH3 is 1. The monoisotopic (exact) mass is 273 g/mol. The van der Waals surface area contributed by atoms with Gasteiger partial charge in [-0.05, 0) is 30.2 Å². The Balaban J connectivity index is 2.82. The highest BCUT2D eigenvalue weighted by Gasteiger charge is 2.03. The minimum Gasteiger partial charge on any atom is -0.496 e. The van der Waals surface area contributed by atoms with Gasteiger partial charge in [0.15, 0.2) is 0 Å². The van der Waals surface area contributed by atoms with Gasteiger partial charge in [-0.25, -0.2) is 0 Å². The summed E-state index contributed by atoms with van der Waals surface area (Å²) in [4.78, 5) is 0.534. The van der Waals surface area contributed by atoms with Gasteiger partial charge in [-0.1, -0.05) is 28.1 Å². The fraction of sp³-hybridized carbons (Fsp3) is 0.300. The summed E-state index contributed by atoms with van der Waals surface area (Å²) < 4.78 is 6.27. The van der Waals surface area contributed by atoms with Crippen molar-refractivity contribution in [3.63, 3.8) is 0 Å². The van der Waals surface area contributed by atoms with Gasteiger partial charge < -0.3 is 10.5 Å². The molecule has 1 aromatic carbocycles. The van der Waals surface area contributed by atoms with E-state index in [1.165, 1.54) is 0 Å². The molecule has 0 heterocycles. The fourth-order valence-corrected chi connectivity index (χ4v) is 1.71. The zero-order valence-corrected chi connectivity index (χ0v) is 10.3. The molecule has 1 aromatic rings. The maximum absolute atomic E-state index is 5.45. The van der Waals surface area contributed by atoms with Gasteiger partial charge in [0.05, 0.1) is 12.1 Å². The zero-order chi connectivity index (χ0) is 10.6. The first kappa shape index (κ1) is 11.5. The van der Waals surface area contributed by atoms with Crippen LogP contribution in [0, 0.1) is 0 Å². The van der Waals surface area contributed by atoms with Gasteiger partial charge in [0, 0.05) is 10.9 Å². The highest BCUT2D eigenvalue weighted by molar-refractivity contribution is 9.10. The Hall–Kier alpha value is -0.610. The minimum atomic E-state index is 0.534. The van der Waals surface area contributed by atoms with Crippen molar-refractivity contribution < 1.29 is 4.74 Å². The van der Waals surface area contributed by atoms with Crippen molar-refractivity contribution in [2.45, 2.75) is 12.8 Å². The average Bonchev–Trinajstić information content (AvgIpc) is 2.15. The van der Waals surface area contributed by atoms with Crippen molar-refractivity contribution in [3.05, 3.63) is 28.2 Å².